The van der Waals surface area contributed by atoms with Crippen molar-refractivity contribution in [1.29, 1.82) is 0 Å². The highest BCUT2D eigenvalue weighted by Gasteiger charge is 2.54. The maximum Gasteiger partial charge on any atom is 0.321 e. The van der Waals surface area contributed by atoms with Crippen molar-refractivity contribution < 1.29 is 19.1 Å². The van der Waals surface area contributed by atoms with Crippen LogP contribution >= 0.6 is 0 Å². The molecular weight excluding hydrogens is 232 g/mol. The van der Waals surface area contributed by atoms with E-state index in [0.717, 1.165) is 19.3 Å². The first-order valence-electron chi connectivity index (χ1n) is 6.67. The maximum absolute atomic E-state index is 12.0. The van der Waals surface area contributed by atoms with Crippen LogP contribution in [0.2, 0.25) is 0 Å². The molecule has 0 amide bonds. The molecule has 1 heterocycles. The molecule has 1 saturated carbocycles. The lowest BCUT2D eigenvalue weighted by molar-refractivity contribution is -0.199. The van der Waals surface area contributed by atoms with E-state index in [2.05, 4.69) is 6.92 Å². The quantitative estimate of drug-likeness (QED) is 0.531. The molecule has 0 aromatic carbocycles. The van der Waals surface area contributed by atoms with Crippen molar-refractivity contribution in [2.75, 3.05) is 7.11 Å². The average Bonchev–Trinajstić information content (AvgIpc) is 2.26. The van der Waals surface area contributed by atoms with Gasteiger partial charge in [0.2, 0.25) is 0 Å². The Kier molecular flexibility index (Phi) is 3.39. The van der Waals surface area contributed by atoms with Crippen LogP contribution in [0.15, 0.2) is 0 Å². The smallest absolute Gasteiger partial charge is 0.321 e. The summed E-state index contributed by atoms with van der Waals surface area (Å²) in [6.45, 7) is 6.08. The summed E-state index contributed by atoms with van der Waals surface area (Å²) >= 11 is 0. The van der Waals surface area contributed by atoms with Crippen LogP contribution < -0.4 is 0 Å². The first-order chi connectivity index (χ1) is 8.36. The summed E-state index contributed by atoms with van der Waals surface area (Å²) in [4.78, 5) is 23.9. The molecule has 0 radical (unpaired) electrons. The average molecular weight is 254 g/mol. The molecule has 4 heteroatoms. The molecule has 1 saturated heterocycles. The van der Waals surface area contributed by atoms with Gasteiger partial charge in [0.05, 0.1) is 7.11 Å². The van der Waals surface area contributed by atoms with Crippen LogP contribution in [0.1, 0.15) is 40.0 Å². The van der Waals surface area contributed by atoms with E-state index in [4.69, 9.17) is 9.47 Å². The van der Waals surface area contributed by atoms with Crippen LogP contribution in [-0.2, 0) is 19.1 Å². The molecule has 0 aromatic heterocycles. The molecule has 0 unspecified atom stereocenters. The summed E-state index contributed by atoms with van der Waals surface area (Å²) in [6.07, 6.45) is 3.05. The second-order valence-electron chi connectivity index (χ2n) is 6.21. The van der Waals surface area contributed by atoms with Gasteiger partial charge in [-0.2, -0.15) is 0 Å². The zero-order valence-electron chi connectivity index (χ0n) is 11.6. The molecule has 1 aliphatic heterocycles. The van der Waals surface area contributed by atoms with E-state index in [-0.39, 0.29) is 11.8 Å². The fraction of sp³-hybridized carbons (Fsp3) is 0.857. The van der Waals surface area contributed by atoms with E-state index in [1.165, 1.54) is 7.11 Å². The Morgan fingerprint density at radius 3 is 2.67 bits per heavy atom. The molecule has 2 rings (SSSR count). The lowest BCUT2D eigenvalue weighted by atomic mass is 9.62. The molecule has 0 bridgehead atoms. The monoisotopic (exact) mass is 254 g/mol. The number of cyclic esters (lactones) is 1. The van der Waals surface area contributed by atoms with E-state index in [1.54, 1.807) is 0 Å². The third-order valence-electron chi connectivity index (χ3n) is 4.56. The van der Waals surface area contributed by atoms with Crippen molar-refractivity contribution in [1.82, 2.24) is 0 Å². The SMILES string of the molecule is COC(=O)[C@H]1C(=O)OC(C)(C)[C@@H]2CC[C@H](C)C[C@H]12. The van der Waals surface area contributed by atoms with E-state index in [9.17, 15) is 9.59 Å². The van der Waals surface area contributed by atoms with Crippen molar-refractivity contribution in [2.45, 2.75) is 45.6 Å². The number of carbonyl (C=O) groups is 2. The van der Waals surface area contributed by atoms with Crippen LogP contribution in [0.4, 0.5) is 0 Å². The Labute approximate surface area is 108 Å². The van der Waals surface area contributed by atoms with Crippen LogP contribution in [0.5, 0.6) is 0 Å². The fourth-order valence-corrected chi connectivity index (χ4v) is 3.63. The molecule has 4 atom stereocenters. The molecule has 2 aliphatic rings. The Morgan fingerprint density at radius 1 is 1.39 bits per heavy atom. The number of fused-ring (bicyclic) bond motifs is 1. The standard InChI is InChI=1S/C14H22O4/c1-8-5-6-10-9(7-8)11(12(15)17-4)13(16)18-14(10,2)3/h8-11H,5-7H2,1-4H3/t8-,9-,10+,11-/m0/s1. The van der Waals surface area contributed by atoms with Gasteiger partial charge in [-0.15, -0.1) is 0 Å². The van der Waals surface area contributed by atoms with E-state index in [1.807, 2.05) is 13.8 Å². The maximum atomic E-state index is 12.0. The summed E-state index contributed by atoms with van der Waals surface area (Å²) in [5.74, 6) is -0.703. The van der Waals surface area contributed by atoms with Gasteiger partial charge in [-0.3, -0.25) is 9.59 Å². The Bertz CT molecular complexity index is 361. The highest BCUT2D eigenvalue weighted by molar-refractivity contribution is 5.96. The number of carbonyl (C=O) groups excluding carboxylic acids is 2. The minimum Gasteiger partial charge on any atom is -0.468 e. The Hall–Kier alpha value is -1.06. The van der Waals surface area contributed by atoms with Crippen molar-refractivity contribution in [3.63, 3.8) is 0 Å². The summed E-state index contributed by atoms with van der Waals surface area (Å²) < 4.78 is 10.2. The molecule has 2 fully saturated rings. The second-order valence-corrected chi connectivity index (χ2v) is 6.21. The molecule has 1 aliphatic carbocycles. The number of rotatable bonds is 1. The number of hydrogen-bond donors (Lipinski definition) is 0. The third-order valence-corrected chi connectivity index (χ3v) is 4.56. The molecular formula is C14H22O4. The molecule has 4 nitrogen and oxygen atoms in total. The van der Waals surface area contributed by atoms with E-state index >= 15 is 0 Å². The summed E-state index contributed by atoms with van der Waals surface area (Å²) in [5.41, 5.74) is -0.466. The molecule has 18 heavy (non-hydrogen) atoms. The summed E-state index contributed by atoms with van der Waals surface area (Å²) in [7, 11) is 1.33. The summed E-state index contributed by atoms with van der Waals surface area (Å²) in [5, 5.41) is 0. The Balaban J connectivity index is 2.31. The molecule has 0 spiro atoms. The van der Waals surface area contributed by atoms with Crippen LogP contribution in [-0.4, -0.2) is 24.6 Å². The van der Waals surface area contributed by atoms with Crippen molar-refractivity contribution in [3.8, 4) is 0 Å². The fourth-order valence-electron chi connectivity index (χ4n) is 3.63. The van der Waals surface area contributed by atoms with Gasteiger partial charge >= 0.3 is 11.9 Å². The van der Waals surface area contributed by atoms with Gasteiger partial charge in [0.1, 0.15) is 5.60 Å². The number of esters is 2. The zero-order valence-corrected chi connectivity index (χ0v) is 11.6. The van der Waals surface area contributed by atoms with Crippen LogP contribution in [0.3, 0.4) is 0 Å². The van der Waals surface area contributed by atoms with Crippen molar-refractivity contribution >= 4 is 11.9 Å². The van der Waals surface area contributed by atoms with E-state index < -0.39 is 23.5 Å². The molecule has 0 aromatic rings. The number of ether oxygens (including phenoxy) is 2. The van der Waals surface area contributed by atoms with Gasteiger partial charge in [-0.1, -0.05) is 13.3 Å². The lowest BCUT2D eigenvalue weighted by Gasteiger charge is -2.49. The normalized spacial score (nSPS) is 38.6. The largest absolute Gasteiger partial charge is 0.468 e. The highest BCUT2D eigenvalue weighted by atomic mass is 16.6. The van der Waals surface area contributed by atoms with Crippen LogP contribution in [0, 0.1) is 23.7 Å². The predicted molar refractivity (Wildman–Crippen MR) is 65.7 cm³/mol. The minimum atomic E-state index is -0.726. The van der Waals surface area contributed by atoms with Gasteiger partial charge < -0.3 is 9.47 Å². The second kappa shape index (κ2) is 4.56. The first kappa shape index (κ1) is 13.4. The molecule has 0 N–H and O–H groups in total. The van der Waals surface area contributed by atoms with Crippen molar-refractivity contribution in [3.05, 3.63) is 0 Å². The number of methoxy groups -OCH3 is 1. The zero-order chi connectivity index (χ0) is 13.5. The summed E-state index contributed by atoms with van der Waals surface area (Å²) in [6, 6.07) is 0. The molecule has 102 valence electrons. The Morgan fingerprint density at radius 2 is 2.06 bits per heavy atom. The van der Waals surface area contributed by atoms with Gasteiger partial charge in [-0.05, 0) is 38.5 Å². The number of hydrogen-bond acceptors (Lipinski definition) is 4. The first-order valence-corrected chi connectivity index (χ1v) is 6.67. The highest BCUT2D eigenvalue weighted by Crippen LogP contribution is 2.48. The topological polar surface area (TPSA) is 52.6 Å². The minimum absolute atomic E-state index is 0.0671. The van der Waals surface area contributed by atoms with Gasteiger partial charge in [-0.25, -0.2) is 0 Å². The van der Waals surface area contributed by atoms with Gasteiger partial charge in [0.25, 0.3) is 0 Å². The van der Waals surface area contributed by atoms with Crippen molar-refractivity contribution in [2.24, 2.45) is 23.7 Å². The lowest BCUT2D eigenvalue weighted by Crippen LogP contribution is -2.55. The third kappa shape index (κ3) is 2.13. The predicted octanol–water partition coefficient (Wildman–Crippen LogP) is 2.16. The van der Waals surface area contributed by atoms with Gasteiger partial charge in [0.15, 0.2) is 5.92 Å². The van der Waals surface area contributed by atoms with Gasteiger partial charge in [0, 0.05) is 5.92 Å². The van der Waals surface area contributed by atoms with Crippen LogP contribution in [0.25, 0.3) is 0 Å². The van der Waals surface area contributed by atoms with E-state index in [0.29, 0.717) is 5.92 Å².